The van der Waals surface area contributed by atoms with E-state index in [0.29, 0.717) is 74.9 Å². The fourth-order valence-electron chi connectivity index (χ4n) is 4.51. The summed E-state index contributed by atoms with van der Waals surface area (Å²) in [6.45, 7) is 9.74. The van der Waals surface area contributed by atoms with E-state index < -0.39 is 5.60 Å². The van der Waals surface area contributed by atoms with Crippen LogP contribution in [0.2, 0.25) is 0 Å². The Morgan fingerprint density at radius 3 is 1.97 bits per heavy atom. The number of hydrogen-bond acceptors (Lipinski definition) is 8. The molecule has 8 heteroatoms. The van der Waals surface area contributed by atoms with E-state index in [1.807, 2.05) is 37.8 Å². The van der Waals surface area contributed by atoms with Gasteiger partial charge in [0.05, 0.1) is 38.5 Å². The van der Waals surface area contributed by atoms with Gasteiger partial charge in [-0.15, -0.1) is 0 Å². The van der Waals surface area contributed by atoms with Crippen molar-refractivity contribution >= 4 is 23.2 Å². The van der Waals surface area contributed by atoms with E-state index in [-0.39, 0.29) is 24.1 Å². The fraction of sp³-hybridized carbons (Fsp3) is 0.464. The highest BCUT2D eigenvalue weighted by atomic mass is 16.6. The van der Waals surface area contributed by atoms with Crippen molar-refractivity contribution in [1.29, 1.82) is 0 Å². The first kappa shape index (κ1) is 26.0. The minimum absolute atomic E-state index is 0.131. The van der Waals surface area contributed by atoms with E-state index in [0.717, 1.165) is 5.69 Å². The summed E-state index contributed by atoms with van der Waals surface area (Å²) in [6.07, 6.45) is 0. The van der Waals surface area contributed by atoms with E-state index in [1.165, 1.54) is 0 Å². The van der Waals surface area contributed by atoms with Gasteiger partial charge >= 0.3 is 5.97 Å². The van der Waals surface area contributed by atoms with Crippen LogP contribution < -0.4 is 4.90 Å². The van der Waals surface area contributed by atoms with Gasteiger partial charge < -0.3 is 19.1 Å². The Bertz CT molecular complexity index is 1110. The van der Waals surface area contributed by atoms with Crippen LogP contribution in [0.1, 0.15) is 52.6 Å². The quantitative estimate of drug-likeness (QED) is 0.514. The van der Waals surface area contributed by atoms with E-state index in [2.05, 4.69) is 4.90 Å². The number of carbonyl (C=O) groups is 3. The fourth-order valence-corrected chi connectivity index (χ4v) is 4.51. The van der Waals surface area contributed by atoms with Crippen molar-refractivity contribution in [2.75, 3.05) is 64.1 Å². The van der Waals surface area contributed by atoms with Crippen LogP contribution >= 0.6 is 0 Å². The number of benzene rings is 2. The third-order valence-corrected chi connectivity index (χ3v) is 6.16. The lowest BCUT2D eigenvalue weighted by Crippen LogP contribution is -2.40. The first-order valence-corrected chi connectivity index (χ1v) is 12.4. The molecule has 2 aliphatic rings. The maximum atomic E-state index is 13.4. The molecule has 1 saturated heterocycles. The second-order valence-electron chi connectivity index (χ2n) is 9.98. The lowest BCUT2D eigenvalue weighted by molar-refractivity contribution is -0.156. The third kappa shape index (κ3) is 6.19. The van der Waals surface area contributed by atoms with Gasteiger partial charge in [0.15, 0.2) is 11.6 Å². The molecule has 1 aliphatic carbocycles. The summed E-state index contributed by atoms with van der Waals surface area (Å²) in [6, 6.07) is 12.4. The zero-order chi connectivity index (χ0) is 25.7. The number of fused-ring (bicyclic) bond motifs is 2. The summed E-state index contributed by atoms with van der Waals surface area (Å²) in [7, 11) is 0. The van der Waals surface area contributed by atoms with Crippen molar-refractivity contribution in [1.82, 2.24) is 4.90 Å². The van der Waals surface area contributed by atoms with Crippen molar-refractivity contribution in [3.8, 4) is 0 Å². The number of esters is 1. The minimum Gasteiger partial charge on any atom is -0.459 e. The molecule has 0 spiro atoms. The minimum atomic E-state index is -0.523. The van der Waals surface area contributed by atoms with Crippen LogP contribution in [0.25, 0.3) is 0 Å². The summed E-state index contributed by atoms with van der Waals surface area (Å²) < 4.78 is 17.2. The molecule has 1 fully saturated rings. The molecule has 0 atom stereocenters. The Kier molecular flexibility index (Phi) is 8.18. The van der Waals surface area contributed by atoms with E-state index in [4.69, 9.17) is 14.2 Å². The molecule has 192 valence electrons. The van der Waals surface area contributed by atoms with E-state index in [1.54, 1.807) is 30.3 Å². The van der Waals surface area contributed by atoms with Crippen LogP contribution in [0.5, 0.6) is 0 Å². The first-order valence-electron chi connectivity index (χ1n) is 12.4. The van der Waals surface area contributed by atoms with Crippen LogP contribution in [-0.4, -0.2) is 87.2 Å². The molecule has 1 aliphatic heterocycles. The molecule has 36 heavy (non-hydrogen) atoms. The van der Waals surface area contributed by atoms with Gasteiger partial charge in [-0.25, -0.2) is 0 Å². The summed E-state index contributed by atoms with van der Waals surface area (Å²) in [5.41, 5.74) is 1.96. The third-order valence-electron chi connectivity index (χ3n) is 6.16. The summed E-state index contributed by atoms with van der Waals surface area (Å²) in [4.78, 5) is 42.8. The van der Waals surface area contributed by atoms with Gasteiger partial charge in [-0.2, -0.15) is 0 Å². The molecule has 2 aromatic carbocycles. The van der Waals surface area contributed by atoms with Crippen molar-refractivity contribution in [3.63, 3.8) is 0 Å². The molecule has 0 amide bonds. The van der Waals surface area contributed by atoms with Gasteiger partial charge in [0.2, 0.25) is 0 Å². The zero-order valence-corrected chi connectivity index (χ0v) is 21.2. The average Bonchev–Trinajstić information content (AvgIpc) is 2.82. The molecule has 0 saturated carbocycles. The van der Waals surface area contributed by atoms with E-state index in [9.17, 15) is 14.4 Å². The number of rotatable bonds is 3. The Morgan fingerprint density at radius 1 is 0.806 bits per heavy atom. The highest BCUT2D eigenvalue weighted by molar-refractivity contribution is 6.30. The van der Waals surface area contributed by atoms with Crippen molar-refractivity contribution in [2.24, 2.45) is 0 Å². The number of nitrogens with zero attached hydrogens (tertiary/aromatic N) is 2. The van der Waals surface area contributed by atoms with Gasteiger partial charge in [-0.1, -0.05) is 36.4 Å². The Hall–Kier alpha value is -3.07. The molecular weight excluding hydrogens is 460 g/mol. The monoisotopic (exact) mass is 494 g/mol. The Balaban J connectivity index is 1.44. The molecule has 0 unspecified atom stereocenters. The molecule has 4 rings (SSSR count). The summed E-state index contributed by atoms with van der Waals surface area (Å²) >= 11 is 0. The van der Waals surface area contributed by atoms with Crippen LogP contribution in [0.15, 0.2) is 42.5 Å². The van der Waals surface area contributed by atoms with Gasteiger partial charge in [0.25, 0.3) is 0 Å². The molecule has 0 radical (unpaired) electrons. The van der Waals surface area contributed by atoms with Crippen LogP contribution in [0.3, 0.4) is 0 Å². The van der Waals surface area contributed by atoms with Gasteiger partial charge in [0.1, 0.15) is 5.60 Å². The second kappa shape index (κ2) is 11.3. The Labute approximate surface area is 212 Å². The molecule has 0 bridgehead atoms. The number of anilines is 1. The second-order valence-corrected chi connectivity index (χ2v) is 9.98. The topological polar surface area (TPSA) is 85.4 Å². The highest BCUT2D eigenvalue weighted by Crippen LogP contribution is 2.33. The molecule has 8 nitrogen and oxygen atoms in total. The molecule has 0 N–H and O–H groups in total. The lowest BCUT2D eigenvalue weighted by Gasteiger charge is -2.30. The maximum Gasteiger partial charge on any atom is 0.320 e. The molecule has 0 aromatic heterocycles. The van der Waals surface area contributed by atoms with Gasteiger partial charge in [-0.3, -0.25) is 19.3 Å². The first-order chi connectivity index (χ1) is 17.2. The smallest absolute Gasteiger partial charge is 0.320 e. The Morgan fingerprint density at radius 2 is 1.36 bits per heavy atom. The number of ketones is 2. The number of hydrogen-bond donors (Lipinski definition) is 0. The predicted molar refractivity (Wildman–Crippen MR) is 136 cm³/mol. The van der Waals surface area contributed by atoms with Crippen molar-refractivity contribution in [3.05, 3.63) is 64.7 Å². The average molecular weight is 495 g/mol. The summed E-state index contributed by atoms with van der Waals surface area (Å²) in [5.74, 6) is -0.536. The zero-order valence-electron chi connectivity index (χ0n) is 21.2. The molecule has 2 aromatic rings. The maximum absolute atomic E-state index is 13.4. The van der Waals surface area contributed by atoms with Gasteiger partial charge in [0, 0.05) is 48.6 Å². The normalized spacial score (nSPS) is 18.0. The van der Waals surface area contributed by atoms with Crippen LogP contribution in [0, 0.1) is 0 Å². The standard InChI is InChI=1S/C28H34N2O6/c1-28(2,3)36-24(31)19-29-11-15-34-17-13-30(14-18-35-16-12-29)23-10-6-9-22-25(23)27(33)21-8-5-4-7-20(21)26(22)32/h4-10H,11-19H2,1-3H3. The number of carbonyl (C=O) groups excluding carboxylic acids is 3. The SMILES string of the molecule is CC(C)(C)OC(=O)CN1CCOCCN(c2cccc3c2C(=O)c2ccccc2C3=O)CCOCC1. The summed E-state index contributed by atoms with van der Waals surface area (Å²) in [5, 5.41) is 0. The van der Waals surface area contributed by atoms with Crippen LogP contribution in [-0.2, 0) is 19.0 Å². The van der Waals surface area contributed by atoms with Crippen molar-refractivity contribution < 1.29 is 28.6 Å². The largest absolute Gasteiger partial charge is 0.459 e. The number of ether oxygens (including phenoxy) is 3. The van der Waals surface area contributed by atoms with E-state index >= 15 is 0 Å². The van der Waals surface area contributed by atoms with Crippen molar-refractivity contribution in [2.45, 2.75) is 26.4 Å². The van der Waals surface area contributed by atoms with Gasteiger partial charge in [-0.05, 0) is 26.8 Å². The molecule has 1 heterocycles. The highest BCUT2D eigenvalue weighted by Gasteiger charge is 2.32. The lowest BCUT2D eigenvalue weighted by atomic mass is 9.83. The van der Waals surface area contributed by atoms with Crippen LogP contribution in [0.4, 0.5) is 5.69 Å². The molecular formula is C28H34N2O6. The predicted octanol–water partition coefficient (Wildman–Crippen LogP) is 2.96.